The number of unbranched alkanes of at least 4 members (excludes halogenated alkanes) is 1. The average molecular weight is 465 g/mol. The Bertz CT molecular complexity index is 1060. The van der Waals surface area contributed by atoms with Gasteiger partial charge in [-0.3, -0.25) is 9.59 Å². The standard InChI is InChI=1S/C26H32N4O2S/c1-5-6-17-30(24(32)20-12-14-21(15-13-20)26(2,3)4)18-16-22(31)27-25-29-28-23(33-25)19-10-8-7-9-11-19/h7-15H,5-6,16-18H2,1-4H3,(H,27,29,31). The second-order valence-electron chi connectivity index (χ2n) is 9.05. The minimum Gasteiger partial charge on any atom is -0.338 e. The SMILES string of the molecule is CCCCN(CCC(=O)Nc1nnc(-c2ccccc2)s1)C(=O)c1ccc(C(C)(C)C)cc1. The van der Waals surface area contributed by atoms with Gasteiger partial charge in [0.15, 0.2) is 0 Å². The topological polar surface area (TPSA) is 75.2 Å². The van der Waals surface area contributed by atoms with Gasteiger partial charge in [0, 0.05) is 30.6 Å². The van der Waals surface area contributed by atoms with Crippen LogP contribution >= 0.6 is 11.3 Å². The van der Waals surface area contributed by atoms with Gasteiger partial charge in [0.1, 0.15) is 5.01 Å². The number of anilines is 1. The molecule has 1 aromatic heterocycles. The first kappa shape index (κ1) is 24.6. The molecule has 0 radical (unpaired) electrons. The highest BCUT2D eigenvalue weighted by molar-refractivity contribution is 7.18. The van der Waals surface area contributed by atoms with Crippen LogP contribution in [0.15, 0.2) is 54.6 Å². The molecule has 174 valence electrons. The third-order valence-corrected chi connectivity index (χ3v) is 6.26. The van der Waals surface area contributed by atoms with Crippen LogP contribution in [-0.4, -0.2) is 40.0 Å². The first-order valence-corrected chi connectivity index (χ1v) is 12.2. The largest absolute Gasteiger partial charge is 0.338 e. The summed E-state index contributed by atoms with van der Waals surface area (Å²) in [5, 5.41) is 12.3. The summed E-state index contributed by atoms with van der Waals surface area (Å²) < 4.78 is 0. The van der Waals surface area contributed by atoms with E-state index < -0.39 is 0 Å². The third kappa shape index (κ3) is 6.96. The second-order valence-corrected chi connectivity index (χ2v) is 10.0. The number of aromatic nitrogens is 2. The summed E-state index contributed by atoms with van der Waals surface area (Å²) in [6.07, 6.45) is 2.08. The van der Waals surface area contributed by atoms with Gasteiger partial charge in [-0.05, 0) is 29.5 Å². The van der Waals surface area contributed by atoms with Crippen LogP contribution < -0.4 is 5.32 Å². The van der Waals surface area contributed by atoms with Crippen LogP contribution in [0.3, 0.4) is 0 Å². The summed E-state index contributed by atoms with van der Waals surface area (Å²) in [5.41, 5.74) is 2.83. The Labute approximate surface area is 200 Å². The molecule has 3 rings (SSSR count). The highest BCUT2D eigenvalue weighted by atomic mass is 32.1. The first-order chi connectivity index (χ1) is 15.8. The van der Waals surface area contributed by atoms with E-state index in [1.54, 1.807) is 4.90 Å². The van der Waals surface area contributed by atoms with E-state index in [1.807, 2.05) is 54.6 Å². The number of carbonyl (C=O) groups excluding carboxylic acids is 2. The van der Waals surface area contributed by atoms with Crippen LogP contribution in [0.2, 0.25) is 0 Å². The summed E-state index contributed by atoms with van der Waals surface area (Å²) in [4.78, 5) is 27.4. The lowest BCUT2D eigenvalue weighted by atomic mass is 9.86. The second kappa shape index (κ2) is 11.2. The van der Waals surface area contributed by atoms with Gasteiger partial charge >= 0.3 is 0 Å². The van der Waals surface area contributed by atoms with E-state index >= 15 is 0 Å². The van der Waals surface area contributed by atoms with E-state index in [9.17, 15) is 9.59 Å². The van der Waals surface area contributed by atoms with Crippen molar-refractivity contribution in [3.63, 3.8) is 0 Å². The Morgan fingerprint density at radius 1 is 0.970 bits per heavy atom. The van der Waals surface area contributed by atoms with Crippen LogP contribution in [0.25, 0.3) is 10.6 Å². The van der Waals surface area contributed by atoms with E-state index in [2.05, 4.69) is 43.2 Å². The third-order valence-electron chi connectivity index (χ3n) is 5.37. The Morgan fingerprint density at radius 2 is 1.67 bits per heavy atom. The van der Waals surface area contributed by atoms with Crippen molar-refractivity contribution in [3.05, 3.63) is 65.7 Å². The molecule has 0 fully saturated rings. The molecule has 0 aliphatic heterocycles. The molecule has 0 bridgehead atoms. The van der Waals surface area contributed by atoms with Crippen LogP contribution in [-0.2, 0) is 10.2 Å². The van der Waals surface area contributed by atoms with E-state index in [4.69, 9.17) is 0 Å². The molecular weight excluding hydrogens is 432 g/mol. The molecule has 1 heterocycles. The molecule has 33 heavy (non-hydrogen) atoms. The fourth-order valence-corrected chi connectivity index (χ4v) is 4.11. The molecule has 2 amide bonds. The van der Waals surface area contributed by atoms with Crippen molar-refractivity contribution in [1.29, 1.82) is 0 Å². The quantitative estimate of drug-likeness (QED) is 0.436. The minimum absolute atomic E-state index is 0.0344. The van der Waals surface area contributed by atoms with E-state index in [0.717, 1.165) is 23.4 Å². The molecule has 0 unspecified atom stereocenters. The highest BCUT2D eigenvalue weighted by Crippen LogP contribution is 2.26. The molecule has 0 spiro atoms. The van der Waals surface area contributed by atoms with Crippen molar-refractivity contribution in [1.82, 2.24) is 15.1 Å². The molecule has 2 aromatic carbocycles. The van der Waals surface area contributed by atoms with Gasteiger partial charge in [-0.25, -0.2) is 0 Å². The Morgan fingerprint density at radius 3 is 2.30 bits per heavy atom. The van der Waals surface area contributed by atoms with Crippen molar-refractivity contribution >= 4 is 28.3 Å². The van der Waals surface area contributed by atoms with Gasteiger partial charge in [-0.1, -0.05) is 87.9 Å². The normalized spacial score (nSPS) is 11.3. The number of amides is 2. The maximum Gasteiger partial charge on any atom is 0.253 e. The van der Waals surface area contributed by atoms with E-state index in [1.165, 1.54) is 16.9 Å². The highest BCUT2D eigenvalue weighted by Gasteiger charge is 2.19. The zero-order valence-corrected chi connectivity index (χ0v) is 20.6. The van der Waals surface area contributed by atoms with Crippen molar-refractivity contribution in [2.45, 2.75) is 52.4 Å². The number of carbonyl (C=O) groups is 2. The fourth-order valence-electron chi connectivity index (χ4n) is 3.35. The molecule has 3 aromatic rings. The smallest absolute Gasteiger partial charge is 0.253 e. The number of hydrogen-bond donors (Lipinski definition) is 1. The Kier molecular flexibility index (Phi) is 8.33. The number of nitrogens with one attached hydrogen (secondary N) is 1. The Balaban J connectivity index is 1.60. The van der Waals surface area contributed by atoms with Gasteiger partial charge in [0.2, 0.25) is 11.0 Å². The lowest BCUT2D eigenvalue weighted by Crippen LogP contribution is -2.34. The van der Waals surface area contributed by atoms with Crippen molar-refractivity contribution in [2.75, 3.05) is 18.4 Å². The number of benzene rings is 2. The molecule has 0 aliphatic carbocycles. The van der Waals surface area contributed by atoms with Gasteiger partial charge in [-0.2, -0.15) is 0 Å². The van der Waals surface area contributed by atoms with Gasteiger partial charge in [-0.15, -0.1) is 10.2 Å². The lowest BCUT2D eigenvalue weighted by molar-refractivity contribution is -0.116. The zero-order chi connectivity index (χ0) is 23.8. The predicted octanol–water partition coefficient (Wildman–Crippen LogP) is 5.77. The molecule has 0 saturated carbocycles. The fraction of sp³-hybridized carbons (Fsp3) is 0.385. The summed E-state index contributed by atoms with van der Waals surface area (Å²) in [6.45, 7) is 9.52. The van der Waals surface area contributed by atoms with Crippen molar-refractivity contribution in [2.24, 2.45) is 0 Å². The van der Waals surface area contributed by atoms with Crippen LogP contribution in [0.4, 0.5) is 5.13 Å². The van der Waals surface area contributed by atoms with E-state index in [-0.39, 0.29) is 23.7 Å². The number of hydrogen-bond acceptors (Lipinski definition) is 5. The molecule has 0 atom stereocenters. The van der Waals surface area contributed by atoms with Crippen LogP contribution in [0.5, 0.6) is 0 Å². The summed E-state index contributed by atoms with van der Waals surface area (Å²) in [5.74, 6) is -0.220. The first-order valence-electron chi connectivity index (χ1n) is 11.4. The molecule has 1 N–H and O–H groups in total. The van der Waals surface area contributed by atoms with Crippen molar-refractivity contribution in [3.8, 4) is 10.6 Å². The van der Waals surface area contributed by atoms with Gasteiger partial charge in [0.05, 0.1) is 0 Å². The van der Waals surface area contributed by atoms with Gasteiger partial charge < -0.3 is 10.2 Å². The summed E-state index contributed by atoms with van der Waals surface area (Å²) in [7, 11) is 0. The molecular formula is C26H32N4O2S. The maximum atomic E-state index is 13.1. The van der Waals surface area contributed by atoms with Crippen LogP contribution in [0, 0.1) is 0 Å². The van der Waals surface area contributed by atoms with Gasteiger partial charge in [0.25, 0.3) is 5.91 Å². The number of nitrogens with zero attached hydrogens (tertiary/aromatic N) is 3. The summed E-state index contributed by atoms with van der Waals surface area (Å²) in [6, 6.07) is 17.5. The van der Waals surface area contributed by atoms with E-state index in [0.29, 0.717) is 23.8 Å². The summed E-state index contributed by atoms with van der Waals surface area (Å²) >= 11 is 1.33. The monoisotopic (exact) mass is 464 g/mol. The van der Waals surface area contributed by atoms with Crippen LogP contribution in [0.1, 0.15) is 62.9 Å². The lowest BCUT2D eigenvalue weighted by Gasteiger charge is -2.23. The number of rotatable bonds is 9. The average Bonchev–Trinajstić information content (AvgIpc) is 3.27. The minimum atomic E-state index is -0.178. The molecule has 0 aliphatic rings. The molecule has 6 nitrogen and oxygen atoms in total. The molecule has 0 saturated heterocycles. The predicted molar refractivity (Wildman–Crippen MR) is 135 cm³/mol. The van der Waals surface area contributed by atoms with Crippen molar-refractivity contribution < 1.29 is 9.59 Å². The molecule has 7 heteroatoms. The maximum absolute atomic E-state index is 13.1. The Hall–Kier alpha value is -3.06. The zero-order valence-electron chi connectivity index (χ0n) is 19.8.